The molecule has 0 bridgehead atoms. The fraction of sp³-hybridized carbons (Fsp3) is 0.435. The average molecular weight is 446 g/mol. The average Bonchev–Trinajstić information content (AvgIpc) is 3.30. The summed E-state index contributed by atoms with van der Waals surface area (Å²) in [4.78, 5) is 15.0. The number of nitrogens with zero attached hydrogens (tertiary/aromatic N) is 2. The molecule has 1 N–H and O–H groups in total. The molecule has 0 aliphatic carbocycles. The Labute approximate surface area is 183 Å². The van der Waals surface area contributed by atoms with Crippen LogP contribution in [-0.2, 0) is 20.6 Å². The summed E-state index contributed by atoms with van der Waals surface area (Å²) in [5, 5.41) is 2.80. The zero-order valence-electron chi connectivity index (χ0n) is 17.5. The number of piperidine rings is 1. The Hall–Kier alpha value is -2.45. The number of sulfonamides is 1. The number of benzene rings is 2. The zero-order valence-corrected chi connectivity index (χ0v) is 18.3. The minimum atomic E-state index is -3.43. The summed E-state index contributed by atoms with van der Waals surface area (Å²) >= 11 is 0. The van der Waals surface area contributed by atoms with Crippen molar-refractivity contribution in [3.63, 3.8) is 0 Å². The van der Waals surface area contributed by atoms with Crippen molar-refractivity contribution in [2.75, 3.05) is 36.4 Å². The summed E-state index contributed by atoms with van der Waals surface area (Å²) in [6, 6.07) is 13.9. The Morgan fingerprint density at radius 2 is 1.65 bits per heavy atom. The molecule has 0 spiro atoms. The highest BCUT2D eigenvalue weighted by atomic mass is 32.2. The van der Waals surface area contributed by atoms with E-state index in [0.29, 0.717) is 31.6 Å². The highest BCUT2D eigenvalue weighted by Crippen LogP contribution is 2.32. The van der Waals surface area contributed by atoms with Gasteiger partial charge in [0.2, 0.25) is 15.9 Å². The number of anilines is 2. The van der Waals surface area contributed by atoms with Crippen LogP contribution >= 0.6 is 0 Å². The molecule has 2 aliphatic heterocycles. The van der Waals surface area contributed by atoms with Gasteiger partial charge in [0.1, 0.15) is 11.5 Å². The minimum absolute atomic E-state index is 0.0425. The SMILES string of the molecule is O=C(Nc1c(F)cccc1N1CCCC1)C1CCN(S(=O)(=O)Cc2ccccc2)CC1. The Morgan fingerprint density at radius 1 is 0.968 bits per heavy atom. The highest BCUT2D eigenvalue weighted by Gasteiger charge is 2.32. The topological polar surface area (TPSA) is 69.7 Å². The monoisotopic (exact) mass is 445 g/mol. The number of carbonyl (C=O) groups excluding carboxylic acids is 1. The van der Waals surface area contributed by atoms with Gasteiger partial charge in [0.15, 0.2) is 0 Å². The molecule has 166 valence electrons. The molecule has 4 rings (SSSR count). The summed E-state index contributed by atoms with van der Waals surface area (Å²) in [7, 11) is -3.43. The second kappa shape index (κ2) is 9.36. The molecule has 2 aromatic carbocycles. The molecule has 2 fully saturated rings. The van der Waals surface area contributed by atoms with E-state index in [1.807, 2.05) is 24.3 Å². The molecule has 6 nitrogen and oxygen atoms in total. The van der Waals surface area contributed by atoms with Crippen molar-refractivity contribution in [3.05, 3.63) is 59.9 Å². The van der Waals surface area contributed by atoms with Crippen molar-refractivity contribution in [2.45, 2.75) is 31.4 Å². The molecule has 8 heteroatoms. The number of amides is 1. The maximum atomic E-state index is 14.5. The maximum Gasteiger partial charge on any atom is 0.227 e. The van der Waals surface area contributed by atoms with Crippen molar-refractivity contribution in [1.82, 2.24) is 4.31 Å². The number of nitrogens with one attached hydrogen (secondary N) is 1. The molecule has 2 heterocycles. The number of hydrogen-bond donors (Lipinski definition) is 1. The normalized spacial score (nSPS) is 18.3. The number of carbonyl (C=O) groups is 1. The van der Waals surface area contributed by atoms with Crippen LogP contribution in [0.15, 0.2) is 48.5 Å². The number of rotatable bonds is 6. The van der Waals surface area contributed by atoms with Crippen molar-refractivity contribution in [1.29, 1.82) is 0 Å². The standard InChI is InChI=1S/C23H28FN3O3S/c24-20-9-6-10-21(26-13-4-5-14-26)22(20)25-23(28)19-11-15-27(16-12-19)31(29,30)17-18-7-2-1-3-8-18/h1-3,6-10,19H,4-5,11-17H2,(H,25,28). The van der Waals surface area contributed by atoms with Gasteiger partial charge in [-0.25, -0.2) is 17.1 Å². The van der Waals surface area contributed by atoms with Crippen LogP contribution in [0.4, 0.5) is 15.8 Å². The first-order chi connectivity index (χ1) is 14.9. The third-order valence-electron chi connectivity index (χ3n) is 6.10. The molecular weight excluding hydrogens is 417 g/mol. The van der Waals surface area contributed by atoms with E-state index >= 15 is 0 Å². The van der Waals surface area contributed by atoms with Gasteiger partial charge in [-0.15, -0.1) is 0 Å². The van der Waals surface area contributed by atoms with Gasteiger partial charge in [-0.3, -0.25) is 4.79 Å². The number of hydrogen-bond acceptors (Lipinski definition) is 4. The van der Waals surface area contributed by atoms with Crippen LogP contribution in [0, 0.1) is 11.7 Å². The number of halogens is 1. The summed E-state index contributed by atoms with van der Waals surface area (Å²) in [6.45, 7) is 2.29. The Balaban J connectivity index is 1.38. The lowest BCUT2D eigenvalue weighted by molar-refractivity contribution is -0.120. The molecule has 2 aromatic rings. The molecule has 0 saturated carbocycles. The first kappa shape index (κ1) is 21.8. The first-order valence-corrected chi connectivity index (χ1v) is 12.4. The third kappa shape index (κ3) is 5.07. The summed E-state index contributed by atoms with van der Waals surface area (Å²) in [6.07, 6.45) is 2.96. The van der Waals surface area contributed by atoms with Crippen LogP contribution < -0.4 is 10.2 Å². The summed E-state index contributed by atoms with van der Waals surface area (Å²) in [5.41, 5.74) is 1.69. The predicted octanol–water partition coefficient (Wildman–Crippen LogP) is 3.61. The molecule has 0 atom stereocenters. The predicted molar refractivity (Wildman–Crippen MR) is 120 cm³/mol. The lowest BCUT2D eigenvalue weighted by Crippen LogP contribution is -2.42. The van der Waals surface area contributed by atoms with Crippen LogP contribution in [-0.4, -0.2) is 44.8 Å². The van der Waals surface area contributed by atoms with Crippen LogP contribution in [0.2, 0.25) is 0 Å². The van der Waals surface area contributed by atoms with Crippen LogP contribution in [0.5, 0.6) is 0 Å². The van der Waals surface area contributed by atoms with E-state index in [4.69, 9.17) is 0 Å². The largest absolute Gasteiger partial charge is 0.370 e. The third-order valence-corrected chi connectivity index (χ3v) is 7.95. The van der Waals surface area contributed by atoms with Gasteiger partial charge in [0, 0.05) is 32.1 Å². The van der Waals surface area contributed by atoms with E-state index in [1.54, 1.807) is 18.2 Å². The quantitative estimate of drug-likeness (QED) is 0.738. The molecule has 1 amide bonds. The van der Waals surface area contributed by atoms with E-state index in [2.05, 4.69) is 10.2 Å². The van der Waals surface area contributed by atoms with Crippen LogP contribution in [0.3, 0.4) is 0 Å². The zero-order chi connectivity index (χ0) is 21.8. The lowest BCUT2D eigenvalue weighted by Gasteiger charge is -2.31. The van der Waals surface area contributed by atoms with Gasteiger partial charge >= 0.3 is 0 Å². The van der Waals surface area contributed by atoms with Crippen LogP contribution in [0.25, 0.3) is 0 Å². The second-order valence-corrected chi connectivity index (χ2v) is 10.2. The Kier molecular flexibility index (Phi) is 6.57. The molecule has 0 unspecified atom stereocenters. The first-order valence-electron chi connectivity index (χ1n) is 10.8. The molecule has 0 aromatic heterocycles. The van der Waals surface area contributed by atoms with Gasteiger partial charge in [-0.1, -0.05) is 36.4 Å². The smallest absolute Gasteiger partial charge is 0.227 e. The van der Waals surface area contributed by atoms with E-state index < -0.39 is 15.8 Å². The van der Waals surface area contributed by atoms with E-state index in [0.717, 1.165) is 31.5 Å². The van der Waals surface area contributed by atoms with Gasteiger partial charge in [0.05, 0.1) is 11.4 Å². The van der Waals surface area contributed by atoms with E-state index in [1.165, 1.54) is 10.4 Å². The van der Waals surface area contributed by atoms with Crippen molar-refractivity contribution in [3.8, 4) is 0 Å². The van der Waals surface area contributed by atoms with Gasteiger partial charge < -0.3 is 10.2 Å². The second-order valence-electron chi connectivity index (χ2n) is 8.23. The molecule has 0 radical (unpaired) electrons. The van der Waals surface area contributed by atoms with E-state index in [-0.39, 0.29) is 23.3 Å². The molecule has 2 aliphatic rings. The molecular formula is C23H28FN3O3S. The number of para-hydroxylation sites is 1. The molecule has 2 saturated heterocycles. The summed E-state index contributed by atoms with van der Waals surface area (Å²) in [5.74, 6) is -1.07. The Morgan fingerprint density at radius 3 is 2.32 bits per heavy atom. The van der Waals surface area contributed by atoms with Crippen molar-refractivity contribution < 1.29 is 17.6 Å². The maximum absolute atomic E-state index is 14.5. The van der Waals surface area contributed by atoms with E-state index in [9.17, 15) is 17.6 Å². The minimum Gasteiger partial charge on any atom is -0.370 e. The highest BCUT2D eigenvalue weighted by molar-refractivity contribution is 7.88. The van der Waals surface area contributed by atoms with Crippen molar-refractivity contribution >= 4 is 27.3 Å². The fourth-order valence-corrected chi connectivity index (χ4v) is 5.92. The summed E-state index contributed by atoms with van der Waals surface area (Å²) < 4.78 is 41.4. The van der Waals surface area contributed by atoms with Crippen molar-refractivity contribution in [2.24, 2.45) is 5.92 Å². The van der Waals surface area contributed by atoms with Gasteiger partial charge in [-0.2, -0.15) is 0 Å². The van der Waals surface area contributed by atoms with Gasteiger partial charge in [-0.05, 0) is 43.4 Å². The van der Waals surface area contributed by atoms with Crippen LogP contribution in [0.1, 0.15) is 31.2 Å². The fourth-order valence-electron chi connectivity index (χ4n) is 4.36. The van der Waals surface area contributed by atoms with Gasteiger partial charge in [0.25, 0.3) is 0 Å². The Bertz CT molecular complexity index is 1020. The molecule has 31 heavy (non-hydrogen) atoms. The lowest BCUT2D eigenvalue weighted by atomic mass is 9.97.